The number of carbonyl (C=O) groups is 2. The van der Waals surface area contributed by atoms with Crippen LogP contribution in [0.3, 0.4) is 0 Å². The lowest BCUT2D eigenvalue weighted by Crippen LogP contribution is -2.42. The van der Waals surface area contributed by atoms with Crippen LogP contribution in [0.2, 0.25) is 0 Å². The topological polar surface area (TPSA) is 95.1 Å². The van der Waals surface area contributed by atoms with Crippen LogP contribution < -0.4 is 5.32 Å². The van der Waals surface area contributed by atoms with E-state index < -0.39 is 23.7 Å². The lowest BCUT2D eigenvalue weighted by atomic mass is 10.1. The number of aromatic amines is 1. The van der Waals surface area contributed by atoms with Crippen LogP contribution in [0.25, 0.3) is 0 Å². The smallest absolute Gasteiger partial charge is 0.326 e. The van der Waals surface area contributed by atoms with Crippen molar-refractivity contribution >= 4 is 27.8 Å². The van der Waals surface area contributed by atoms with Gasteiger partial charge in [0.2, 0.25) is 0 Å². The number of amides is 1. The summed E-state index contributed by atoms with van der Waals surface area (Å²) in [6.07, 6.45) is 2.89. The number of hydrogen-bond acceptors (Lipinski definition) is 3. The molecule has 0 bridgehead atoms. The number of carbonyl (C=O) groups excluding carboxylic acids is 1. The number of nitrogens with one attached hydrogen (secondary N) is 2. The van der Waals surface area contributed by atoms with E-state index in [-0.39, 0.29) is 12.0 Å². The second-order valence-corrected chi connectivity index (χ2v) is 5.19. The lowest BCUT2D eigenvalue weighted by Gasteiger charge is -2.14. The third kappa shape index (κ3) is 3.88. The zero-order valence-corrected chi connectivity index (χ0v) is 12.2. The summed E-state index contributed by atoms with van der Waals surface area (Å²) in [5.41, 5.74) is 0.341. The van der Waals surface area contributed by atoms with E-state index in [4.69, 9.17) is 5.11 Å². The van der Waals surface area contributed by atoms with E-state index in [1.54, 1.807) is 0 Å². The average Bonchev–Trinajstić information content (AvgIpc) is 2.90. The van der Waals surface area contributed by atoms with Gasteiger partial charge < -0.3 is 15.4 Å². The molecule has 1 amide bonds. The van der Waals surface area contributed by atoms with Gasteiger partial charge in [0.25, 0.3) is 5.91 Å². The minimum atomic E-state index is -1.21. The molecule has 0 spiro atoms. The second-order valence-electron chi connectivity index (χ2n) is 4.27. The molecule has 0 fully saturated rings. The van der Waals surface area contributed by atoms with Crippen LogP contribution in [0.15, 0.2) is 35.2 Å². The van der Waals surface area contributed by atoms with Crippen LogP contribution >= 0.6 is 15.9 Å². The molecule has 0 radical (unpaired) electrons. The number of hydrogen-bond donors (Lipinski definition) is 3. The van der Waals surface area contributed by atoms with Gasteiger partial charge in [0, 0.05) is 22.8 Å². The first kappa shape index (κ1) is 15.2. The lowest BCUT2D eigenvalue weighted by molar-refractivity contribution is -0.139. The first-order valence-corrected chi connectivity index (χ1v) is 6.72. The van der Waals surface area contributed by atoms with Crippen LogP contribution in [0.4, 0.5) is 4.39 Å². The first-order chi connectivity index (χ1) is 9.97. The monoisotopic (exact) mass is 355 g/mol. The summed E-state index contributed by atoms with van der Waals surface area (Å²) in [5.74, 6) is -2.73. The third-order valence-corrected chi connectivity index (χ3v) is 3.25. The van der Waals surface area contributed by atoms with Gasteiger partial charge in [-0.15, -0.1) is 0 Å². The molecule has 1 atom stereocenters. The minimum absolute atomic E-state index is 0.0270. The fourth-order valence-electron chi connectivity index (χ4n) is 1.73. The number of aromatic nitrogens is 2. The van der Waals surface area contributed by atoms with Gasteiger partial charge in [-0.1, -0.05) is 15.9 Å². The zero-order chi connectivity index (χ0) is 15.4. The Balaban J connectivity index is 2.12. The van der Waals surface area contributed by atoms with Gasteiger partial charge in [0.1, 0.15) is 11.9 Å². The zero-order valence-electron chi connectivity index (χ0n) is 10.6. The van der Waals surface area contributed by atoms with Gasteiger partial charge in [-0.05, 0) is 18.2 Å². The van der Waals surface area contributed by atoms with Crippen molar-refractivity contribution in [1.29, 1.82) is 0 Å². The largest absolute Gasteiger partial charge is 0.480 e. The molecule has 0 unspecified atom stereocenters. The molecule has 3 N–H and O–H groups in total. The number of benzene rings is 1. The van der Waals surface area contributed by atoms with E-state index >= 15 is 0 Å². The second kappa shape index (κ2) is 6.49. The van der Waals surface area contributed by atoms with Gasteiger partial charge >= 0.3 is 5.97 Å². The van der Waals surface area contributed by atoms with Crippen LogP contribution in [0, 0.1) is 5.82 Å². The Hall–Kier alpha value is -2.22. The highest BCUT2D eigenvalue weighted by Gasteiger charge is 2.23. The highest BCUT2D eigenvalue weighted by atomic mass is 79.9. The van der Waals surface area contributed by atoms with Gasteiger partial charge in [-0.25, -0.2) is 14.2 Å². The van der Waals surface area contributed by atoms with Crippen molar-refractivity contribution in [2.75, 3.05) is 0 Å². The molecule has 8 heteroatoms. The number of H-pyrrole nitrogens is 1. The fraction of sp³-hybridized carbons (Fsp3) is 0.154. The predicted molar refractivity (Wildman–Crippen MR) is 75.3 cm³/mol. The van der Waals surface area contributed by atoms with Gasteiger partial charge in [-0.2, -0.15) is 0 Å². The van der Waals surface area contributed by atoms with Crippen LogP contribution in [0.5, 0.6) is 0 Å². The third-order valence-electron chi connectivity index (χ3n) is 2.76. The van der Waals surface area contributed by atoms with Crippen molar-refractivity contribution in [3.8, 4) is 0 Å². The Bertz CT molecular complexity index is 661. The van der Waals surface area contributed by atoms with Crippen molar-refractivity contribution in [2.45, 2.75) is 12.5 Å². The number of halogens is 2. The maximum Gasteiger partial charge on any atom is 0.326 e. The van der Waals surface area contributed by atoms with Crippen molar-refractivity contribution < 1.29 is 19.1 Å². The molecule has 6 nitrogen and oxygen atoms in total. The van der Waals surface area contributed by atoms with Crippen molar-refractivity contribution in [3.05, 3.63) is 52.3 Å². The quantitative estimate of drug-likeness (QED) is 0.761. The molecule has 21 heavy (non-hydrogen) atoms. The summed E-state index contributed by atoms with van der Waals surface area (Å²) in [5, 5.41) is 11.4. The Morgan fingerprint density at radius 3 is 2.81 bits per heavy atom. The van der Waals surface area contributed by atoms with Gasteiger partial charge in [0.15, 0.2) is 0 Å². The molecule has 1 aromatic heterocycles. The Morgan fingerprint density at radius 1 is 1.48 bits per heavy atom. The maximum absolute atomic E-state index is 13.7. The minimum Gasteiger partial charge on any atom is -0.480 e. The van der Waals surface area contributed by atoms with Crippen LogP contribution in [-0.2, 0) is 11.2 Å². The van der Waals surface area contributed by atoms with E-state index in [1.165, 1.54) is 24.7 Å². The summed E-state index contributed by atoms with van der Waals surface area (Å²) in [4.78, 5) is 29.7. The number of carboxylic acids is 1. The number of imidazole rings is 1. The Kier molecular flexibility index (Phi) is 4.69. The molecule has 1 heterocycles. The number of carboxylic acid groups (broad SMARTS) is 1. The predicted octanol–water partition coefficient (Wildman–Crippen LogP) is 1.74. The summed E-state index contributed by atoms with van der Waals surface area (Å²) >= 11 is 3.08. The summed E-state index contributed by atoms with van der Waals surface area (Å²) in [7, 11) is 0. The molecule has 0 aliphatic carbocycles. The SMILES string of the molecule is O=C(N[C@H](Cc1cnc[nH]1)C(=O)O)c1ccc(Br)cc1F. The molecule has 1 aromatic carbocycles. The van der Waals surface area contributed by atoms with Crippen molar-refractivity contribution in [2.24, 2.45) is 0 Å². The van der Waals surface area contributed by atoms with Crippen molar-refractivity contribution in [3.63, 3.8) is 0 Å². The standard InChI is InChI=1S/C13H11BrFN3O3/c14-7-1-2-9(10(15)3-7)12(19)18-11(13(20)21)4-8-5-16-6-17-8/h1-3,5-6,11H,4H2,(H,16,17)(H,18,19)(H,20,21)/t11-/m1/s1. The van der Waals surface area contributed by atoms with Gasteiger partial charge in [0.05, 0.1) is 11.9 Å². The molecule has 0 aliphatic rings. The summed E-state index contributed by atoms with van der Waals surface area (Å²) < 4.78 is 14.2. The molecule has 0 saturated heterocycles. The Morgan fingerprint density at radius 2 is 2.24 bits per heavy atom. The normalized spacial score (nSPS) is 11.9. The molecule has 0 saturated carbocycles. The van der Waals surface area contributed by atoms with Crippen molar-refractivity contribution in [1.82, 2.24) is 15.3 Å². The number of nitrogens with zero attached hydrogens (tertiary/aromatic N) is 1. The molecular formula is C13H11BrFN3O3. The molecule has 2 aromatic rings. The summed E-state index contributed by atoms with van der Waals surface area (Å²) in [6.45, 7) is 0. The molecule has 2 rings (SSSR count). The van der Waals surface area contributed by atoms with Crippen LogP contribution in [-0.4, -0.2) is 33.0 Å². The fourth-order valence-corrected chi connectivity index (χ4v) is 2.06. The van der Waals surface area contributed by atoms with E-state index in [2.05, 4.69) is 31.2 Å². The van der Waals surface area contributed by atoms with E-state index in [9.17, 15) is 14.0 Å². The number of rotatable bonds is 5. The summed E-state index contributed by atoms with van der Waals surface area (Å²) in [6, 6.07) is 2.74. The molecule has 110 valence electrons. The highest BCUT2D eigenvalue weighted by molar-refractivity contribution is 9.10. The van der Waals surface area contributed by atoms with E-state index in [1.807, 2.05) is 0 Å². The van der Waals surface area contributed by atoms with E-state index in [0.717, 1.165) is 6.07 Å². The highest BCUT2D eigenvalue weighted by Crippen LogP contribution is 2.15. The number of aliphatic carboxylic acids is 1. The van der Waals surface area contributed by atoms with Gasteiger partial charge in [-0.3, -0.25) is 4.79 Å². The molecule has 0 aliphatic heterocycles. The maximum atomic E-state index is 13.7. The molecular weight excluding hydrogens is 345 g/mol. The van der Waals surface area contributed by atoms with E-state index in [0.29, 0.717) is 10.2 Å². The average molecular weight is 356 g/mol. The Labute approximate surface area is 127 Å². The first-order valence-electron chi connectivity index (χ1n) is 5.93. The van der Waals surface area contributed by atoms with Crippen LogP contribution in [0.1, 0.15) is 16.1 Å².